The lowest BCUT2D eigenvalue weighted by molar-refractivity contribution is -0.134. The van der Waals surface area contributed by atoms with Crippen molar-refractivity contribution in [1.29, 1.82) is 0 Å². The van der Waals surface area contributed by atoms with Crippen LogP contribution in [0.15, 0.2) is 58.8 Å². The van der Waals surface area contributed by atoms with Crippen LogP contribution in [-0.4, -0.2) is 30.6 Å². The van der Waals surface area contributed by atoms with E-state index in [1.54, 1.807) is 24.3 Å². The van der Waals surface area contributed by atoms with Crippen LogP contribution in [0, 0.1) is 0 Å². The highest BCUT2D eigenvalue weighted by atomic mass is 16.5. The number of aromatic nitrogens is 1. The molecule has 0 amide bonds. The summed E-state index contributed by atoms with van der Waals surface area (Å²) in [4.78, 5) is 24.9. The Kier molecular flexibility index (Phi) is 6.21. The smallest absolute Gasteiger partial charge is 0.311 e. The zero-order chi connectivity index (χ0) is 22.5. The van der Waals surface area contributed by atoms with Crippen LogP contribution in [-0.2, 0) is 11.2 Å². The van der Waals surface area contributed by atoms with Crippen LogP contribution >= 0.6 is 0 Å². The summed E-state index contributed by atoms with van der Waals surface area (Å²) in [5.74, 6) is 1.62. The molecule has 1 aliphatic rings. The van der Waals surface area contributed by atoms with Crippen LogP contribution < -0.4 is 18.9 Å². The molecule has 164 valence electrons. The maximum atomic E-state index is 12.7. The van der Waals surface area contributed by atoms with Gasteiger partial charge in [0.25, 0.3) is 5.88 Å². The van der Waals surface area contributed by atoms with E-state index in [1.807, 2.05) is 31.2 Å². The number of carbonyl (C=O) groups is 2. The van der Waals surface area contributed by atoms with Gasteiger partial charge in [0.2, 0.25) is 5.78 Å². The van der Waals surface area contributed by atoms with Gasteiger partial charge in [0.05, 0.1) is 25.7 Å². The fraction of sp³-hybridized carbons (Fsp3) is 0.208. The highest BCUT2D eigenvalue weighted by molar-refractivity contribution is 6.14. The molecule has 8 nitrogen and oxygen atoms in total. The zero-order valence-electron chi connectivity index (χ0n) is 17.6. The summed E-state index contributed by atoms with van der Waals surface area (Å²) in [7, 11) is 1.48. The third-order valence-electron chi connectivity index (χ3n) is 4.70. The van der Waals surface area contributed by atoms with Crippen LogP contribution in [0.3, 0.4) is 0 Å². The maximum absolute atomic E-state index is 12.7. The maximum Gasteiger partial charge on any atom is 0.311 e. The Balaban J connectivity index is 1.43. The molecule has 0 spiro atoms. The molecule has 0 N–H and O–H groups in total. The molecule has 1 aliphatic heterocycles. The van der Waals surface area contributed by atoms with Gasteiger partial charge in [-0.15, -0.1) is 0 Å². The minimum Gasteiger partial charge on any atom is -0.493 e. The van der Waals surface area contributed by atoms with Crippen molar-refractivity contribution in [3.63, 3.8) is 0 Å². The fourth-order valence-electron chi connectivity index (χ4n) is 3.17. The van der Waals surface area contributed by atoms with E-state index in [4.69, 9.17) is 23.5 Å². The predicted molar refractivity (Wildman–Crippen MR) is 114 cm³/mol. The third-order valence-corrected chi connectivity index (χ3v) is 4.70. The molecule has 0 saturated heterocycles. The number of nitrogens with zero attached hydrogens (tertiary/aromatic N) is 1. The van der Waals surface area contributed by atoms with E-state index >= 15 is 0 Å². The van der Waals surface area contributed by atoms with Crippen LogP contribution in [0.5, 0.6) is 23.1 Å². The molecule has 0 atom stereocenters. The number of benzene rings is 2. The van der Waals surface area contributed by atoms with E-state index in [-0.39, 0.29) is 23.7 Å². The van der Waals surface area contributed by atoms with Gasteiger partial charge in [-0.2, -0.15) is 0 Å². The van der Waals surface area contributed by atoms with E-state index < -0.39 is 5.97 Å². The Hall–Kier alpha value is -4.07. The number of para-hydroxylation sites is 1. The molecule has 0 saturated carbocycles. The number of ether oxygens (including phenoxy) is 4. The third kappa shape index (κ3) is 4.64. The van der Waals surface area contributed by atoms with Crippen molar-refractivity contribution in [3.8, 4) is 23.1 Å². The van der Waals surface area contributed by atoms with Gasteiger partial charge in [-0.25, -0.2) is 0 Å². The summed E-state index contributed by atoms with van der Waals surface area (Å²) < 4.78 is 26.7. The van der Waals surface area contributed by atoms with Crippen molar-refractivity contribution in [3.05, 3.63) is 71.2 Å². The van der Waals surface area contributed by atoms with Gasteiger partial charge in [0.1, 0.15) is 23.0 Å². The number of allylic oxidation sites excluding steroid dienone is 1. The number of ketones is 1. The molecule has 2 aromatic carbocycles. The average molecular weight is 435 g/mol. The second kappa shape index (κ2) is 9.38. The number of aryl methyl sites for hydroxylation is 1. The number of hydrogen-bond donors (Lipinski definition) is 0. The van der Waals surface area contributed by atoms with Crippen molar-refractivity contribution < 1.29 is 33.1 Å². The predicted octanol–water partition coefficient (Wildman–Crippen LogP) is 4.24. The van der Waals surface area contributed by atoms with Gasteiger partial charge >= 0.3 is 5.97 Å². The van der Waals surface area contributed by atoms with Gasteiger partial charge in [-0.3, -0.25) is 9.59 Å². The molecule has 4 rings (SSSR count). The molecule has 3 aromatic rings. The number of rotatable bonds is 8. The summed E-state index contributed by atoms with van der Waals surface area (Å²) in [6.07, 6.45) is 2.06. The molecule has 0 unspecified atom stereocenters. The Labute approximate surface area is 184 Å². The van der Waals surface area contributed by atoms with E-state index in [2.05, 4.69) is 5.16 Å². The monoisotopic (exact) mass is 435 g/mol. The van der Waals surface area contributed by atoms with Crippen molar-refractivity contribution in [2.75, 3.05) is 13.7 Å². The number of fused-ring (bicyclic) bond motifs is 1. The summed E-state index contributed by atoms with van der Waals surface area (Å²) in [5.41, 5.74) is 1.14. The molecule has 32 heavy (non-hydrogen) atoms. The quantitative estimate of drug-likeness (QED) is 0.295. The van der Waals surface area contributed by atoms with Crippen LogP contribution in [0.1, 0.15) is 35.0 Å². The first-order chi connectivity index (χ1) is 15.6. The Morgan fingerprint density at radius 1 is 1.16 bits per heavy atom. The van der Waals surface area contributed by atoms with Gasteiger partial charge in [0.15, 0.2) is 5.76 Å². The first-order valence-electron chi connectivity index (χ1n) is 10.1. The zero-order valence-corrected chi connectivity index (χ0v) is 17.6. The number of Topliss-reactive ketones (excluding diaryl/α,β-unsaturated/α-hetero) is 1. The number of carbonyl (C=O) groups excluding carboxylic acids is 2. The Bertz CT molecular complexity index is 1180. The normalized spacial score (nSPS) is 13.6. The highest BCUT2D eigenvalue weighted by Crippen LogP contribution is 2.35. The average Bonchev–Trinajstić information content (AvgIpc) is 3.38. The van der Waals surface area contributed by atoms with E-state index in [1.165, 1.54) is 13.2 Å². The summed E-state index contributed by atoms with van der Waals surface area (Å²) in [5, 5.41) is 3.68. The first kappa shape index (κ1) is 21.2. The Morgan fingerprint density at radius 2 is 2.00 bits per heavy atom. The topological polar surface area (TPSA) is 97.1 Å². The van der Waals surface area contributed by atoms with Crippen molar-refractivity contribution in [2.24, 2.45) is 0 Å². The van der Waals surface area contributed by atoms with Crippen molar-refractivity contribution >= 4 is 17.8 Å². The first-order valence-corrected chi connectivity index (χ1v) is 10.1. The van der Waals surface area contributed by atoms with Gasteiger partial charge in [0, 0.05) is 24.1 Å². The number of esters is 1. The van der Waals surface area contributed by atoms with Gasteiger partial charge in [-0.05, 0) is 36.4 Å². The largest absolute Gasteiger partial charge is 0.493 e. The van der Waals surface area contributed by atoms with Crippen LogP contribution in [0.2, 0.25) is 0 Å². The summed E-state index contributed by atoms with van der Waals surface area (Å²) >= 11 is 0. The van der Waals surface area contributed by atoms with Crippen LogP contribution in [0.4, 0.5) is 0 Å². The van der Waals surface area contributed by atoms with Crippen molar-refractivity contribution in [1.82, 2.24) is 5.16 Å². The summed E-state index contributed by atoms with van der Waals surface area (Å²) in [6, 6.07) is 13.7. The standard InChI is InChI=1S/C24H21NO7/c1-3-29-19-7-5-4-6-15(19)12-21-24(27)18-10-8-16(13-20(18)31-21)30-23(26)11-9-17-14-22(28-2)25-32-17/h4-8,10,12-14H,3,9,11H2,1-2H3/b21-12-. The van der Waals surface area contributed by atoms with Crippen LogP contribution in [0.25, 0.3) is 6.08 Å². The minimum atomic E-state index is -0.453. The van der Waals surface area contributed by atoms with Gasteiger partial charge in [-0.1, -0.05) is 18.2 Å². The van der Waals surface area contributed by atoms with E-state index in [9.17, 15) is 9.59 Å². The molecule has 0 bridgehead atoms. The molecule has 0 aliphatic carbocycles. The molecule has 1 aromatic heterocycles. The molecular formula is C24H21NO7. The van der Waals surface area contributed by atoms with Crippen molar-refractivity contribution in [2.45, 2.75) is 19.8 Å². The molecule has 8 heteroatoms. The lowest BCUT2D eigenvalue weighted by atomic mass is 10.1. The fourth-order valence-corrected chi connectivity index (χ4v) is 3.17. The molecule has 0 radical (unpaired) electrons. The molecular weight excluding hydrogens is 414 g/mol. The highest BCUT2D eigenvalue weighted by Gasteiger charge is 2.28. The second-order valence-electron chi connectivity index (χ2n) is 6.88. The lowest BCUT2D eigenvalue weighted by Crippen LogP contribution is -2.08. The minimum absolute atomic E-state index is 0.0919. The lowest BCUT2D eigenvalue weighted by Gasteiger charge is -2.07. The summed E-state index contributed by atoms with van der Waals surface area (Å²) in [6.45, 7) is 2.40. The van der Waals surface area contributed by atoms with Gasteiger partial charge < -0.3 is 23.5 Å². The second-order valence-corrected chi connectivity index (χ2v) is 6.88. The molecule has 2 heterocycles. The van der Waals surface area contributed by atoms with E-state index in [0.717, 1.165) is 5.56 Å². The number of methoxy groups -OCH3 is 1. The molecule has 0 fully saturated rings. The Morgan fingerprint density at radius 3 is 2.78 bits per heavy atom. The SMILES string of the molecule is CCOc1ccccc1/C=C1\Oc2cc(OC(=O)CCc3cc(OC)no3)ccc2C1=O. The number of hydrogen-bond acceptors (Lipinski definition) is 8. The van der Waals surface area contributed by atoms with E-state index in [0.29, 0.717) is 41.7 Å².